The van der Waals surface area contributed by atoms with Crippen LogP contribution in [0.3, 0.4) is 0 Å². The molecule has 25 rings (SSSR count). The van der Waals surface area contributed by atoms with Gasteiger partial charge in [-0.1, -0.05) is 455 Å². The highest BCUT2D eigenvalue weighted by molar-refractivity contribution is 6.03. The van der Waals surface area contributed by atoms with Crippen LogP contribution in [0.25, 0.3) is 191 Å². The van der Waals surface area contributed by atoms with Gasteiger partial charge in [0.15, 0.2) is 34.9 Å². The number of hydrogen-bond acceptors (Lipinski definition) is 6. The van der Waals surface area contributed by atoms with Crippen LogP contribution in [0.15, 0.2) is 473 Å². The third kappa shape index (κ3) is 12.4. The van der Waals surface area contributed by atoms with E-state index in [0.29, 0.717) is 34.9 Å². The first-order valence-corrected chi connectivity index (χ1v) is 43.8. The Hall–Kier alpha value is -16.8. The smallest absolute Gasteiger partial charge is 0.164 e. The van der Waals surface area contributed by atoms with Crippen LogP contribution in [0.5, 0.6) is 0 Å². The second-order valence-corrected chi connectivity index (χ2v) is 33.3. The molecule has 6 nitrogen and oxygen atoms in total. The van der Waals surface area contributed by atoms with Gasteiger partial charge in [-0.2, -0.15) is 0 Å². The second-order valence-electron chi connectivity index (χ2n) is 33.3. The zero-order valence-corrected chi connectivity index (χ0v) is 69.7. The van der Waals surface area contributed by atoms with Crippen molar-refractivity contribution < 1.29 is 0 Å². The van der Waals surface area contributed by atoms with Crippen LogP contribution in [0.4, 0.5) is 0 Å². The van der Waals surface area contributed by atoms with Gasteiger partial charge in [0.2, 0.25) is 0 Å². The van der Waals surface area contributed by atoms with Gasteiger partial charge in [0.1, 0.15) is 0 Å². The van der Waals surface area contributed by atoms with Crippen LogP contribution < -0.4 is 0 Å². The summed E-state index contributed by atoms with van der Waals surface area (Å²) in [6, 6.07) is 170. The van der Waals surface area contributed by atoms with Crippen LogP contribution in [0, 0.1) is 0 Å². The monoisotopic (exact) mass is 1630 g/mol. The normalized spacial score (nSPS) is 12.7. The minimum absolute atomic E-state index is 0.604. The molecule has 128 heavy (non-hydrogen) atoms. The molecule has 0 saturated heterocycles. The Morgan fingerprint density at radius 3 is 0.570 bits per heavy atom. The van der Waals surface area contributed by atoms with Crippen LogP contribution in [0.1, 0.15) is 44.5 Å². The molecule has 0 amide bonds. The number of nitrogens with zero attached hydrogens (tertiary/aromatic N) is 6. The van der Waals surface area contributed by atoms with Gasteiger partial charge in [-0.15, -0.1) is 0 Å². The number of hydrogen-bond donors (Lipinski definition) is 0. The highest BCUT2D eigenvalue weighted by Gasteiger charge is 2.52. The van der Waals surface area contributed by atoms with Crippen molar-refractivity contribution in [3.05, 3.63) is 518 Å². The van der Waals surface area contributed by atoms with E-state index >= 15 is 0 Å². The van der Waals surface area contributed by atoms with Gasteiger partial charge in [-0.05, 0) is 185 Å². The van der Waals surface area contributed by atoms with Gasteiger partial charge in [0.05, 0.1) is 10.8 Å². The number of rotatable bonds is 11. The summed E-state index contributed by atoms with van der Waals surface area (Å²) in [5.41, 5.74) is 40.3. The molecule has 19 aromatic carbocycles. The first-order valence-electron chi connectivity index (χ1n) is 43.8. The quantitative estimate of drug-likeness (QED) is 0.128. The molecular formula is C122H78N6. The molecule has 0 bridgehead atoms. The Kier molecular flexibility index (Phi) is 18.3. The third-order valence-electron chi connectivity index (χ3n) is 26.4. The van der Waals surface area contributed by atoms with E-state index in [0.717, 1.165) is 89.0 Å². The molecule has 0 N–H and O–H groups in total. The van der Waals surface area contributed by atoms with Crippen molar-refractivity contribution in [3.63, 3.8) is 0 Å². The number of aromatic nitrogens is 6. The standard InChI is InChI=1S/C64H41N3.C58H37N3/c1-4-19-42(20-5-1)45-35-37-46(38-36-45)61-65-62(49-40-47(43-21-6-2-7-22-43)39-48(41-49)44-23-8-3-9-24-44)67-63(66-61)55-30-18-34-59-60(55)54-29-14-17-33-58(54)64(59)56-31-15-12-27-52(56)50-25-10-11-26-51(50)53-28-13-16-32-57(53)64;1-3-16-38(17-4-1)40-30-34-42(35-31-40)55-59-56(43-36-32-41(33-37-43)39-18-5-2-6-19-39)61-57(60-55)49-25-15-29-53-54(49)48-24-11-14-28-52(48)58(53)50-26-12-9-22-46(50)44-20-7-8-21-45(44)47-23-10-13-27-51(47)58/h1-41H;1-37H. The van der Waals surface area contributed by atoms with E-state index in [1.165, 1.54) is 111 Å². The molecule has 0 unspecified atom stereocenters. The molecule has 4 aliphatic carbocycles. The second kappa shape index (κ2) is 31.2. The molecule has 0 saturated carbocycles. The lowest BCUT2D eigenvalue weighted by Gasteiger charge is -2.35. The van der Waals surface area contributed by atoms with E-state index in [1.807, 2.05) is 12.1 Å². The summed E-state index contributed by atoms with van der Waals surface area (Å²) in [4.78, 5) is 32.3. The Morgan fingerprint density at radius 2 is 0.289 bits per heavy atom. The molecule has 0 aliphatic heterocycles. The molecule has 2 heterocycles. The average molecular weight is 1630 g/mol. The molecule has 4 aliphatic rings. The van der Waals surface area contributed by atoms with E-state index in [4.69, 9.17) is 29.9 Å². The Labute approximate surface area is 744 Å². The molecule has 2 aromatic heterocycles. The van der Waals surface area contributed by atoms with Crippen molar-refractivity contribution in [2.24, 2.45) is 0 Å². The zero-order valence-electron chi connectivity index (χ0n) is 69.7. The zero-order chi connectivity index (χ0) is 84.6. The summed E-state index contributed by atoms with van der Waals surface area (Å²) < 4.78 is 0. The van der Waals surface area contributed by atoms with E-state index in [1.54, 1.807) is 0 Å². The van der Waals surface area contributed by atoms with Gasteiger partial charge in [-0.3, -0.25) is 0 Å². The minimum atomic E-state index is -0.630. The Morgan fingerprint density at radius 1 is 0.109 bits per heavy atom. The van der Waals surface area contributed by atoms with Crippen LogP contribution >= 0.6 is 0 Å². The third-order valence-corrected chi connectivity index (χ3v) is 26.4. The SMILES string of the molecule is c1ccc(-c2ccc(-c3nc(-c4cc(-c5ccccc5)cc(-c5ccccc5)c4)nc(-c4cccc5c4-c4ccccc4C54c5ccccc5-c5ccccc5-c5ccccc54)n3)cc2)cc1.c1ccc(-c2ccc(-c3nc(-c4ccc(-c5ccccc5)cc4)nc(-c4cccc5c4-c4ccccc4C54c5ccccc5-c5ccccc5-c5ccccc54)n3)cc2)cc1. The largest absolute Gasteiger partial charge is 0.208 e. The Bertz CT molecular complexity index is 7600. The minimum Gasteiger partial charge on any atom is -0.208 e. The molecule has 596 valence electrons. The first kappa shape index (κ1) is 75.0. The van der Waals surface area contributed by atoms with Gasteiger partial charge in [0.25, 0.3) is 0 Å². The number of benzene rings is 19. The van der Waals surface area contributed by atoms with Crippen LogP contribution in [-0.2, 0) is 10.8 Å². The summed E-state index contributed by atoms with van der Waals surface area (Å²) in [5.74, 6) is 3.76. The molecule has 21 aromatic rings. The summed E-state index contributed by atoms with van der Waals surface area (Å²) in [6.45, 7) is 0. The summed E-state index contributed by atoms with van der Waals surface area (Å²) in [6.07, 6.45) is 0. The average Bonchev–Trinajstić information content (AvgIpc) is 1.52. The molecule has 2 spiro atoms. The fourth-order valence-electron chi connectivity index (χ4n) is 20.8. The van der Waals surface area contributed by atoms with Gasteiger partial charge < -0.3 is 0 Å². The van der Waals surface area contributed by atoms with E-state index in [-0.39, 0.29) is 0 Å². The van der Waals surface area contributed by atoms with Crippen molar-refractivity contribution in [3.8, 4) is 191 Å². The molecule has 0 atom stereocenters. The maximum Gasteiger partial charge on any atom is 0.164 e. The number of fused-ring (bicyclic) bond motifs is 24. The lowest BCUT2D eigenvalue weighted by atomic mass is 9.66. The molecule has 6 heteroatoms. The Balaban J connectivity index is 0.000000143. The van der Waals surface area contributed by atoms with E-state index < -0.39 is 10.8 Å². The molecule has 0 radical (unpaired) electrons. The highest BCUT2D eigenvalue weighted by Crippen LogP contribution is 2.65. The van der Waals surface area contributed by atoms with Crippen molar-refractivity contribution in [1.29, 1.82) is 0 Å². The summed E-state index contributed by atoms with van der Waals surface area (Å²) in [7, 11) is 0. The molecular weight excluding hydrogens is 1550 g/mol. The highest BCUT2D eigenvalue weighted by atomic mass is 15.0. The molecule has 0 fully saturated rings. The van der Waals surface area contributed by atoms with Gasteiger partial charge in [-0.25, -0.2) is 29.9 Å². The van der Waals surface area contributed by atoms with E-state index in [9.17, 15) is 0 Å². The topological polar surface area (TPSA) is 77.3 Å². The predicted octanol–water partition coefficient (Wildman–Crippen LogP) is 30.1. The van der Waals surface area contributed by atoms with Crippen molar-refractivity contribution in [1.82, 2.24) is 29.9 Å². The maximum atomic E-state index is 5.54. The fraction of sp³-hybridized carbons (Fsp3) is 0.0164. The van der Waals surface area contributed by atoms with Crippen LogP contribution in [-0.4, -0.2) is 29.9 Å². The first-order chi connectivity index (χ1) is 63.5. The fourth-order valence-corrected chi connectivity index (χ4v) is 20.8. The van der Waals surface area contributed by atoms with Gasteiger partial charge >= 0.3 is 0 Å². The lowest BCUT2D eigenvalue weighted by molar-refractivity contribution is 0.775. The predicted molar refractivity (Wildman–Crippen MR) is 523 cm³/mol. The maximum absolute atomic E-state index is 5.54. The summed E-state index contributed by atoms with van der Waals surface area (Å²) in [5, 5.41) is 0. The lowest BCUT2D eigenvalue weighted by Crippen LogP contribution is -2.29. The van der Waals surface area contributed by atoms with Crippen molar-refractivity contribution >= 4 is 0 Å². The summed E-state index contributed by atoms with van der Waals surface area (Å²) >= 11 is 0. The van der Waals surface area contributed by atoms with E-state index in [2.05, 4.69) is 461 Å². The van der Waals surface area contributed by atoms with Crippen molar-refractivity contribution in [2.75, 3.05) is 0 Å². The van der Waals surface area contributed by atoms with Gasteiger partial charge in [0, 0.05) is 33.4 Å². The van der Waals surface area contributed by atoms with Crippen molar-refractivity contribution in [2.45, 2.75) is 10.8 Å². The van der Waals surface area contributed by atoms with Crippen LogP contribution in [0.2, 0.25) is 0 Å².